The minimum Gasteiger partial charge on any atom is -0.387 e. The Kier molecular flexibility index (Phi) is 5.62. The maximum Gasteiger partial charge on any atom is 0.126 e. The predicted molar refractivity (Wildman–Crippen MR) is 101 cm³/mol. The number of hydrogen-bond acceptors (Lipinski definition) is 5. The lowest BCUT2D eigenvalue weighted by Crippen LogP contribution is -2.49. The highest BCUT2D eigenvalue weighted by Gasteiger charge is 2.25. The molecule has 0 bridgehead atoms. The van der Waals surface area contributed by atoms with Crippen molar-refractivity contribution in [2.24, 2.45) is 0 Å². The second-order valence-electron chi connectivity index (χ2n) is 6.39. The van der Waals surface area contributed by atoms with Crippen LogP contribution < -0.4 is 5.32 Å². The maximum absolute atomic E-state index is 10.6. The highest BCUT2D eigenvalue weighted by molar-refractivity contribution is 9.10. The lowest BCUT2D eigenvalue weighted by Gasteiger charge is -2.34. The average Bonchev–Trinajstić information content (AvgIpc) is 2.54. The third-order valence-corrected chi connectivity index (χ3v) is 4.77. The number of morpholine rings is 1. The van der Waals surface area contributed by atoms with E-state index in [2.05, 4.69) is 31.1 Å². The van der Waals surface area contributed by atoms with Gasteiger partial charge in [0, 0.05) is 36.0 Å². The molecule has 24 heavy (non-hydrogen) atoms. The first-order valence-corrected chi connectivity index (χ1v) is 9.12. The third kappa shape index (κ3) is 4.58. The largest absolute Gasteiger partial charge is 0.387 e. The summed E-state index contributed by atoms with van der Waals surface area (Å²) in [7, 11) is 0. The number of aliphatic hydroxyl groups is 1. The van der Waals surface area contributed by atoms with Gasteiger partial charge in [-0.25, -0.2) is 4.98 Å². The number of pyridine rings is 1. The Hall–Kier alpha value is -0.920. The molecule has 1 aromatic heterocycles. The van der Waals surface area contributed by atoms with Gasteiger partial charge < -0.3 is 15.2 Å². The molecular weight excluding hydrogens is 394 g/mol. The lowest BCUT2D eigenvalue weighted by molar-refractivity contribution is -0.0163. The van der Waals surface area contributed by atoms with E-state index in [9.17, 15) is 5.11 Å². The number of fused-ring (bicyclic) bond motifs is 1. The number of nitrogens with one attached hydrogen (secondary N) is 1. The molecule has 3 rings (SSSR count). The molecule has 0 radical (unpaired) electrons. The summed E-state index contributed by atoms with van der Waals surface area (Å²) in [5.41, 5.74) is -0.102. The van der Waals surface area contributed by atoms with Crippen molar-refractivity contribution in [3.8, 4) is 0 Å². The minimum atomic E-state index is -0.850. The van der Waals surface area contributed by atoms with Gasteiger partial charge in [-0.05, 0) is 31.2 Å². The molecule has 2 aromatic rings. The fourth-order valence-corrected chi connectivity index (χ4v) is 3.71. The minimum absolute atomic E-state index is 0.414. The number of anilines is 1. The lowest BCUT2D eigenvalue weighted by atomic mass is 10.1. The van der Waals surface area contributed by atoms with Gasteiger partial charge in [-0.2, -0.15) is 0 Å². The highest BCUT2D eigenvalue weighted by Crippen LogP contribution is 2.27. The molecule has 130 valence electrons. The van der Waals surface area contributed by atoms with Crippen LogP contribution in [0, 0.1) is 0 Å². The molecule has 1 saturated heterocycles. The summed E-state index contributed by atoms with van der Waals surface area (Å²) in [5, 5.41) is 15.4. The average molecular weight is 415 g/mol. The van der Waals surface area contributed by atoms with Gasteiger partial charge in [-0.1, -0.05) is 27.5 Å². The summed E-state index contributed by atoms with van der Waals surface area (Å²) in [6.45, 7) is 6.01. The van der Waals surface area contributed by atoms with Gasteiger partial charge in [0.05, 0.1) is 29.4 Å². The number of β-amino-alcohol motifs (C(OH)–C–C–N with tert-alkyl or cyclic N) is 1. The van der Waals surface area contributed by atoms with Gasteiger partial charge >= 0.3 is 0 Å². The number of halogens is 2. The molecule has 2 heterocycles. The van der Waals surface area contributed by atoms with Crippen LogP contribution >= 0.6 is 27.5 Å². The maximum atomic E-state index is 10.6. The van der Waals surface area contributed by atoms with Crippen LogP contribution in [0.2, 0.25) is 5.02 Å². The Morgan fingerprint density at radius 2 is 2.12 bits per heavy atom. The van der Waals surface area contributed by atoms with E-state index < -0.39 is 5.60 Å². The Bertz CT molecular complexity index is 720. The van der Waals surface area contributed by atoms with Gasteiger partial charge in [-0.3, -0.25) is 4.90 Å². The monoisotopic (exact) mass is 413 g/mol. The highest BCUT2D eigenvalue weighted by atomic mass is 79.9. The summed E-state index contributed by atoms with van der Waals surface area (Å²) < 4.78 is 6.27. The number of ether oxygens (including phenoxy) is 1. The van der Waals surface area contributed by atoms with E-state index in [0.717, 1.165) is 41.7 Å². The Morgan fingerprint density at radius 1 is 1.38 bits per heavy atom. The Morgan fingerprint density at radius 3 is 2.88 bits per heavy atom. The van der Waals surface area contributed by atoms with Crippen LogP contribution in [0.3, 0.4) is 0 Å². The topological polar surface area (TPSA) is 57.6 Å². The molecule has 5 nitrogen and oxygen atoms in total. The van der Waals surface area contributed by atoms with E-state index in [1.165, 1.54) is 0 Å². The van der Waals surface area contributed by atoms with Crippen LogP contribution in [0.5, 0.6) is 0 Å². The zero-order chi connectivity index (χ0) is 17.2. The van der Waals surface area contributed by atoms with Crippen LogP contribution in [0.15, 0.2) is 28.7 Å². The second-order valence-corrected chi connectivity index (χ2v) is 7.72. The second kappa shape index (κ2) is 7.54. The van der Waals surface area contributed by atoms with Crippen molar-refractivity contribution in [2.45, 2.75) is 12.5 Å². The molecule has 0 spiro atoms. The van der Waals surface area contributed by atoms with Crippen LogP contribution in [-0.4, -0.2) is 60.0 Å². The molecule has 0 saturated carbocycles. The van der Waals surface area contributed by atoms with Crippen molar-refractivity contribution in [1.82, 2.24) is 9.88 Å². The molecule has 1 aliphatic heterocycles. The van der Waals surface area contributed by atoms with E-state index in [1.807, 2.05) is 31.2 Å². The van der Waals surface area contributed by atoms with E-state index in [-0.39, 0.29) is 0 Å². The van der Waals surface area contributed by atoms with Crippen molar-refractivity contribution in [2.75, 3.05) is 44.7 Å². The molecule has 1 unspecified atom stereocenters. The van der Waals surface area contributed by atoms with Crippen molar-refractivity contribution >= 4 is 44.3 Å². The quantitative estimate of drug-likeness (QED) is 0.787. The van der Waals surface area contributed by atoms with Gasteiger partial charge in [0.25, 0.3) is 0 Å². The van der Waals surface area contributed by atoms with E-state index >= 15 is 0 Å². The van der Waals surface area contributed by atoms with Crippen LogP contribution in [0.25, 0.3) is 10.9 Å². The van der Waals surface area contributed by atoms with E-state index in [0.29, 0.717) is 23.9 Å². The number of benzene rings is 1. The van der Waals surface area contributed by atoms with E-state index in [4.69, 9.17) is 16.3 Å². The molecule has 7 heteroatoms. The Balaban J connectivity index is 1.66. The number of nitrogens with zero attached hydrogens (tertiary/aromatic N) is 2. The van der Waals surface area contributed by atoms with Gasteiger partial charge in [0.1, 0.15) is 5.82 Å². The van der Waals surface area contributed by atoms with Crippen molar-refractivity contribution in [3.05, 3.63) is 33.8 Å². The van der Waals surface area contributed by atoms with Gasteiger partial charge in [0.15, 0.2) is 0 Å². The number of rotatable bonds is 5. The zero-order valence-electron chi connectivity index (χ0n) is 13.6. The van der Waals surface area contributed by atoms with Crippen LogP contribution in [0.1, 0.15) is 6.92 Å². The molecule has 0 aliphatic carbocycles. The number of hydrogen-bond donors (Lipinski definition) is 2. The predicted octanol–water partition coefficient (Wildman–Crippen LogP) is 3.15. The first-order valence-electron chi connectivity index (χ1n) is 7.95. The molecule has 1 fully saturated rings. The zero-order valence-corrected chi connectivity index (χ0v) is 15.9. The fraction of sp³-hybridized carbons (Fsp3) is 0.471. The van der Waals surface area contributed by atoms with Gasteiger partial charge in [-0.15, -0.1) is 0 Å². The molecular formula is C17H21BrClN3O2. The molecule has 2 N–H and O–H groups in total. The Labute approximate surface area is 155 Å². The van der Waals surface area contributed by atoms with Crippen LogP contribution in [0.4, 0.5) is 5.82 Å². The summed E-state index contributed by atoms with van der Waals surface area (Å²) >= 11 is 9.70. The smallest absolute Gasteiger partial charge is 0.126 e. The summed E-state index contributed by atoms with van der Waals surface area (Å²) in [6, 6.07) is 7.68. The van der Waals surface area contributed by atoms with E-state index in [1.54, 1.807) is 0 Å². The molecule has 0 amide bonds. The van der Waals surface area contributed by atoms with Crippen molar-refractivity contribution in [1.29, 1.82) is 0 Å². The van der Waals surface area contributed by atoms with Gasteiger partial charge in [0.2, 0.25) is 0 Å². The normalized spacial score (nSPS) is 18.5. The van der Waals surface area contributed by atoms with Crippen molar-refractivity contribution < 1.29 is 9.84 Å². The first kappa shape index (κ1) is 17.9. The molecule has 1 atom stereocenters. The first-order chi connectivity index (χ1) is 11.4. The summed E-state index contributed by atoms with van der Waals surface area (Å²) in [6.07, 6.45) is 0. The van der Waals surface area contributed by atoms with Crippen molar-refractivity contribution in [3.63, 3.8) is 0 Å². The SMILES string of the molecule is CC(O)(CNc1ccc2cc(Br)cc(Cl)c2n1)CN1CCOCC1. The van der Waals surface area contributed by atoms with Crippen LogP contribution in [-0.2, 0) is 4.74 Å². The summed E-state index contributed by atoms with van der Waals surface area (Å²) in [5.74, 6) is 0.703. The standard InChI is InChI=1S/C17H21BrClN3O2/c1-17(23,11-22-4-6-24-7-5-22)10-20-15-3-2-12-8-13(18)9-14(19)16(12)21-15/h2-3,8-9,23H,4-7,10-11H2,1H3,(H,20,21). The molecule has 1 aromatic carbocycles. The summed E-state index contributed by atoms with van der Waals surface area (Å²) in [4.78, 5) is 6.77. The third-order valence-electron chi connectivity index (χ3n) is 4.03. The molecule has 1 aliphatic rings. The number of aromatic nitrogens is 1. The fourth-order valence-electron chi connectivity index (χ4n) is 2.83.